The second-order valence-corrected chi connectivity index (χ2v) is 24.1. The van der Waals surface area contributed by atoms with Gasteiger partial charge in [-0.2, -0.15) is 0 Å². The van der Waals surface area contributed by atoms with E-state index in [1.165, 1.54) is 21.9 Å². The highest BCUT2D eigenvalue weighted by Crippen LogP contribution is 2.45. The van der Waals surface area contributed by atoms with Crippen LogP contribution in [0.2, 0.25) is 25.7 Å². The van der Waals surface area contributed by atoms with Crippen LogP contribution in [0.5, 0.6) is 0 Å². The number of sulfonamides is 1. The number of carbonyl (C=O) groups is 5. The Labute approximate surface area is 305 Å². The van der Waals surface area contributed by atoms with Gasteiger partial charge in [-0.25, -0.2) is 22.4 Å². The van der Waals surface area contributed by atoms with Crippen LogP contribution in [0.4, 0.5) is 14.0 Å². The van der Waals surface area contributed by atoms with Gasteiger partial charge in [0.25, 0.3) is 5.91 Å². The number of fused-ring (bicyclic) bond motifs is 1. The maximum Gasteiger partial charge on any atom is 0.410 e. The van der Waals surface area contributed by atoms with Gasteiger partial charge in [0.1, 0.15) is 29.5 Å². The fourth-order valence-electron chi connectivity index (χ4n) is 6.55. The van der Waals surface area contributed by atoms with Crippen molar-refractivity contribution in [1.29, 1.82) is 0 Å². The summed E-state index contributed by atoms with van der Waals surface area (Å²) in [5.74, 6) is -3.32. The Morgan fingerprint density at radius 1 is 1.13 bits per heavy atom. The van der Waals surface area contributed by atoms with Crippen LogP contribution in [0.3, 0.4) is 0 Å². The first kappa shape index (κ1) is 39.2. The van der Waals surface area contributed by atoms with Gasteiger partial charge in [-0.05, 0) is 42.4 Å². The van der Waals surface area contributed by atoms with Crippen LogP contribution in [-0.2, 0) is 47.0 Å². The first-order valence-corrected chi connectivity index (χ1v) is 22.9. The van der Waals surface area contributed by atoms with Crippen molar-refractivity contribution < 1.29 is 46.3 Å². The molecule has 0 bridgehead atoms. The minimum absolute atomic E-state index is 0.0136. The predicted octanol–water partition coefficient (Wildman–Crippen LogP) is 3.40. The third kappa shape index (κ3) is 8.78. The first-order valence-electron chi connectivity index (χ1n) is 17.6. The van der Waals surface area contributed by atoms with E-state index in [1.807, 2.05) is 0 Å². The summed E-state index contributed by atoms with van der Waals surface area (Å²) >= 11 is 0. The SMILES string of the molecule is C=C[C@@H]1C[C@]1(NC(=O)[C@@H]1CC(OC(=O)N2Cc3cccc(F)c3C2)CN1C(=O)[C@@H](NC(=O)OCC[Si](C)(C)C)C(C)(C)C)C(=O)NS(=O)(=O)C1CC1. The summed E-state index contributed by atoms with van der Waals surface area (Å²) < 4.78 is 53.0. The Kier molecular flexibility index (Phi) is 10.9. The van der Waals surface area contributed by atoms with Gasteiger partial charge in [-0.1, -0.05) is 58.6 Å². The van der Waals surface area contributed by atoms with E-state index in [-0.39, 0.29) is 39.1 Å². The van der Waals surface area contributed by atoms with Gasteiger partial charge in [0.2, 0.25) is 21.8 Å². The highest BCUT2D eigenvalue weighted by molar-refractivity contribution is 7.91. The molecule has 14 nitrogen and oxygen atoms in total. The lowest BCUT2D eigenvalue weighted by atomic mass is 9.85. The van der Waals surface area contributed by atoms with E-state index in [0.29, 0.717) is 30.0 Å². The molecule has 1 aromatic rings. The first-order chi connectivity index (χ1) is 24.1. The zero-order valence-corrected chi connectivity index (χ0v) is 32.4. The summed E-state index contributed by atoms with van der Waals surface area (Å²) in [6.45, 7) is 15.4. The van der Waals surface area contributed by atoms with Crippen molar-refractivity contribution in [2.45, 2.75) is 114 Å². The number of hydrogen-bond acceptors (Lipinski definition) is 9. The van der Waals surface area contributed by atoms with Gasteiger partial charge in [0, 0.05) is 32.5 Å². The van der Waals surface area contributed by atoms with Crippen molar-refractivity contribution >= 4 is 48.0 Å². The molecule has 2 aliphatic heterocycles. The van der Waals surface area contributed by atoms with Gasteiger partial charge in [0.15, 0.2) is 0 Å². The Hall–Kier alpha value is -3.99. The van der Waals surface area contributed by atoms with Crippen molar-refractivity contribution in [3.05, 3.63) is 47.8 Å². The number of likely N-dealkylation sites (tertiary alicyclic amines) is 1. The molecule has 2 aliphatic carbocycles. The van der Waals surface area contributed by atoms with Gasteiger partial charge >= 0.3 is 12.2 Å². The Morgan fingerprint density at radius 3 is 2.40 bits per heavy atom. The Balaban J connectivity index is 1.36. The number of amides is 5. The van der Waals surface area contributed by atoms with E-state index >= 15 is 0 Å². The lowest BCUT2D eigenvalue weighted by molar-refractivity contribution is -0.142. The van der Waals surface area contributed by atoms with E-state index in [1.54, 1.807) is 32.9 Å². The predicted molar refractivity (Wildman–Crippen MR) is 191 cm³/mol. The fraction of sp³-hybridized carbons (Fsp3) is 0.629. The zero-order chi connectivity index (χ0) is 38.4. The molecular weight excluding hydrogens is 714 g/mol. The average molecular weight is 764 g/mol. The summed E-state index contributed by atoms with van der Waals surface area (Å²) in [7, 11) is -5.45. The molecule has 17 heteroatoms. The Bertz CT molecular complexity index is 1740. The minimum atomic E-state index is -3.93. The number of nitrogens with one attached hydrogen (secondary N) is 3. The number of benzene rings is 1. The van der Waals surface area contributed by atoms with Crippen LogP contribution in [0.15, 0.2) is 30.9 Å². The molecule has 2 saturated carbocycles. The molecule has 1 aromatic carbocycles. The molecule has 0 radical (unpaired) electrons. The molecule has 3 fully saturated rings. The molecule has 1 unspecified atom stereocenters. The molecule has 1 saturated heterocycles. The molecule has 0 aromatic heterocycles. The molecule has 5 amide bonds. The van der Waals surface area contributed by atoms with E-state index in [2.05, 4.69) is 41.6 Å². The number of halogens is 1. The van der Waals surface area contributed by atoms with E-state index in [9.17, 15) is 36.8 Å². The topological polar surface area (TPSA) is 181 Å². The highest BCUT2D eigenvalue weighted by Gasteiger charge is 2.62. The number of rotatable bonds is 12. The molecule has 5 atom stereocenters. The van der Waals surface area contributed by atoms with Crippen LogP contribution in [0.25, 0.3) is 0 Å². The van der Waals surface area contributed by atoms with Gasteiger partial charge < -0.3 is 25.0 Å². The van der Waals surface area contributed by atoms with E-state index < -0.39 is 94.1 Å². The van der Waals surface area contributed by atoms with Gasteiger partial charge in [-0.15, -0.1) is 6.58 Å². The molecule has 2 heterocycles. The standard InChI is InChI=1S/C35H50FN5O9SSi/c1-8-22-17-35(22,31(44)39-51(47,48)24-12-13-24)38-29(42)27-16-23(50-33(46)40-18-21-10-9-11-26(36)25(21)20-40)19-41(27)30(43)28(34(2,3)4)37-32(45)49-14-15-52(5,6)7/h8-11,22-24,27-28H,1,12-20H2,2-7H3,(H,37,45)(H,38,42)(H,39,44)/t22-,23?,27+,28-,35-/m1/s1. The van der Waals surface area contributed by atoms with E-state index in [4.69, 9.17) is 9.47 Å². The molecule has 5 rings (SSSR count). The zero-order valence-electron chi connectivity index (χ0n) is 30.6. The lowest BCUT2D eigenvalue weighted by Crippen LogP contribution is -2.60. The van der Waals surface area contributed by atoms with Crippen molar-refractivity contribution in [3.8, 4) is 0 Å². The van der Waals surface area contributed by atoms with Crippen molar-refractivity contribution in [2.24, 2.45) is 11.3 Å². The van der Waals surface area contributed by atoms with Crippen molar-refractivity contribution in [2.75, 3.05) is 13.2 Å². The number of carbonyl (C=O) groups excluding carboxylic acids is 5. The maximum atomic E-state index is 14.4. The summed E-state index contributed by atoms with van der Waals surface area (Å²) in [6, 6.07) is 2.85. The largest absolute Gasteiger partial charge is 0.450 e. The number of ether oxygens (including phenoxy) is 2. The number of alkyl carbamates (subject to hydrolysis) is 1. The van der Waals surface area contributed by atoms with Crippen molar-refractivity contribution in [3.63, 3.8) is 0 Å². The molecule has 52 heavy (non-hydrogen) atoms. The minimum Gasteiger partial charge on any atom is -0.450 e. The van der Waals surface area contributed by atoms with Crippen molar-refractivity contribution in [1.82, 2.24) is 25.2 Å². The smallest absolute Gasteiger partial charge is 0.410 e. The Morgan fingerprint density at radius 2 is 1.83 bits per heavy atom. The van der Waals surface area contributed by atoms with Crippen LogP contribution in [-0.4, -0.2) is 98.3 Å². The van der Waals surface area contributed by atoms with Gasteiger partial charge in [-0.3, -0.25) is 24.0 Å². The van der Waals surface area contributed by atoms with Crippen LogP contribution in [0, 0.1) is 17.2 Å². The second-order valence-electron chi connectivity index (χ2n) is 16.6. The van der Waals surface area contributed by atoms with Gasteiger partial charge in [0.05, 0.1) is 24.9 Å². The second kappa shape index (κ2) is 14.4. The summed E-state index contributed by atoms with van der Waals surface area (Å²) in [4.78, 5) is 70.7. The average Bonchev–Trinajstić information content (AvgIpc) is 3.93. The third-order valence-electron chi connectivity index (χ3n) is 10.0. The lowest BCUT2D eigenvalue weighted by Gasteiger charge is -2.35. The van der Waals surface area contributed by atoms with E-state index in [0.717, 1.165) is 0 Å². The fourth-order valence-corrected chi connectivity index (χ4v) is 8.62. The molecule has 4 aliphatic rings. The number of nitrogens with zero attached hydrogens (tertiary/aromatic N) is 2. The summed E-state index contributed by atoms with van der Waals surface area (Å²) in [5, 5.41) is 4.70. The number of hydrogen-bond donors (Lipinski definition) is 3. The maximum absolute atomic E-state index is 14.4. The monoisotopic (exact) mass is 763 g/mol. The highest BCUT2D eigenvalue weighted by atomic mass is 32.2. The molecule has 3 N–H and O–H groups in total. The summed E-state index contributed by atoms with van der Waals surface area (Å²) in [6.07, 6.45) is -0.300. The molecule has 0 spiro atoms. The molecule has 286 valence electrons. The third-order valence-corrected chi connectivity index (χ3v) is 13.5. The summed E-state index contributed by atoms with van der Waals surface area (Å²) in [5.41, 5.74) is -1.46. The quantitative estimate of drug-likeness (QED) is 0.213. The van der Waals surface area contributed by atoms with Crippen LogP contribution < -0.4 is 15.4 Å². The van der Waals surface area contributed by atoms with Crippen LogP contribution in [0.1, 0.15) is 57.6 Å². The molecular formula is C35H50FN5O9SSi. The normalized spacial score (nSPS) is 24.7. The van der Waals surface area contributed by atoms with Crippen LogP contribution >= 0.6 is 0 Å².